The summed E-state index contributed by atoms with van der Waals surface area (Å²) < 4.78 is 5.14. The van der Waals surface area contributed by atoms with Gasteiger partial charge in [-0.25, -0.2) is 0 Å². The van der Waals surface area contributed by atoms with Crippen molar-refractivity contribution in [1.29, 1.82) is 0 Å². The summed E-state index contributed by atoms with van der Waals surface area (Å²) in [5.74, 6) is -0.0829. The van der Waals surface area contributed by atoms with Crippen LogP contribution in [-0.4, -0.2) is 49.7 Å². The molecule has 106 valence electrons. The molecular formula is C14H28N2O2. The minimum atomic E-state index is -0.0985. The highest BCUT2D eigenvalue weighted by molar-refractivity contribution is 5.76. The lowest BCUT2D eigenvalue weighted by Crippen LogP contribution is -2.55. The van der Waals surface area contributed by atoms with Crippen LogP contribution in [-0.2, 0) is 9.53 Å². The molecule has 0 aromatic heterocycles. The quantitative estimate of drug-likeness (QED) is 0.760. The topological polar surface area (TPSA) is 41.6 Å². The highest BCUT2D eigenvalue weighted by atomic mass is 16.5. The van der Waals surface area contributed by atoms with Gasteiger partial charge in [-0.3, -0.25) is 9.69 Å². The van der Waals surface area contributed by atoms with Gasteiger partial charge < -0.3 is 10.1 Å². The van der Waals surface area contributed by atoms with E-state index in [1.807, 2.05) is 6.92 Å². The van der Waals surface area contributed by atoms with E-state index in [1.165, 1.54) is 6.42 Å². The van der Waals surface area contributed by atoms with Gasteiger partial charge in [0.1, 0.15) is 6.04 Å². The highest BCUT2D eigenvalue weighted by Gasteiger charge is 2.29. The number of hydrogen-bond donors (Lipinski definition) is 1. The molecule has 0 bridgehead atoms. The van der Waals surface area contributed by atoms with Gasteiger partial charge in [-0.15, -0.1) is 0 Å². The molecule has 1 N–H and O–H groups in total. The Hall–Kier alpha value is -0.610. The summed E-state index contributed by atoms with van der Waals surface area (Å²) in [6, 6.07) is -0.0985. The van der Waals surface area contributed by atoms with Crippen molar-refractivity contribution in [3.05, 3.63) is 0 Å². The van der Waals surface area contributed by atoms with E-state index in [0.717, 1.165) is 26.1 Å². The Kier molecular flexibility index (Phi) is 6.09. The molecule has 0 radical (unpaired) electrons. The maximum atomic E-state index is 11.9. The number of nitrogens with zero attached hydrogens (tertiary/aromatic N) is 1. The molecule has 0 saturated carbocycles. The van der Waals surface area contributed by atoms with Crippen molar-refractivity contribution in [2.75, 3.05) is 32.8 Å². The standard InChI is InChI=1S/C14H28N2O2/c1-5-18-13(17)12-11-15-8-10-16(12)9-6-7-14(2,3)4/h12,15H,5-11H2,1-4H3. The van der Waals surface area contributed by atoms with Crippen LogP contribution >= 0.6 is 0 Å². The fourth-order valence-corrected chi connectivity index (χ4v) is 2.30. The smallest absolute Gasteiger partial charge is 0.324 e. The van der Waals surface area contributed by atoms with Gasteiger partial charge in [-0.1, -0.05) is 20.8 Å². The third-order valence-electron chi connectivity index (χ3n) is 3.29. The Balaban J connectivity index is 2.42. The minimum Gasteiger partial charge on any atom is -0.465 e. The van der Waals surface area contributed by atoms with Gasteiger partial charge in [0.25, 0.3) is 0 Å². The second-order valence-electron chi connectivity index (χ2n) is 6.17. The van der Waals surface area contributed by atoms with Crippen molar-refractivity contribution < 1.29 is 9.53 Å². The molecule has 0 aliphatic carbocycles. The molecule has 0 aromatic carbocycles. The van der Waals surface area contributed by atoms with E-state index in [1.54, 1.807) is 0 Å². The second kappa shape index (κ2) is 7.10. The molecule has 1 heterocycles. The van der Waals surface area contributed by atoms with Crippen LogP contribution in [0.1, 0.15) is 40.5 Å². The molecule has 18 heavy (non-hydrogen) atoms. The molecule has 1 unspecified atom stereocenters. The van der Waals surface area contributed by atoms with Gasteiger partial charge in [0.2, 0.25) is 0 Å². The first-order valence-electron chi connectivity index (χ1n) is 7.05. The Labute approximate surface area is 111 Å². The molecule has 1 atom stereocenters. The first-order chi connectivity index (χ1) is 8.44. The Bertz CT molecular complexity index is 261. The lowest BCUT2D eigenvalue weighted by Gasteiger charge is -2.35. The van der Waals surface area contributed by atoms with Gasteiger partial charge in [0, 0.05) is 19.6 Å². The zero-order chi connectivity index (χ0) is 13.6. The van der Waals surface area contributed by atoms with E-state index in [9.17, 15) is 4.79 Å². The van der Waals surface area contributed by atoms with E-state index in [-0.39, 0.29) is 12.0 Å². The van der Waals surface area contributed by atoms with E-state index in [0.29, 0.717) is 18.6 Å². The van der Waals surface area contributed by atoms with Crippen LogP contribution in [0.3, 0.4) is 0 Å². The number of rotatable bonds is 5. The van der Waals surface area contributed by atoms with Gasteiger partial charge >= 0.3 is 5.97 Å². The minimum absolute atomic E-state index is 0.0829. The number of hydrogen-bond acceptors (Lipinski definition) is 4. The summed E-state index contributed by atoms with van der Waals surface area (Å²) in [4.78, 5) is 14.1. The van der Waals surface area contributed by atoms with Crippen molar-refractivity contribution in [2.45, 2.75) is 46.6 Å². The molecule has 4 nitrogen and oxygen atoms in total. The second-order valence-corrected chi connectivity index (χ2v) is 6.17. The van der Waals surface area contributed by atoms with Crippen molar-refractivity contribution in [3.8, 4) is 0 Å². The Morgan fingerprint density at radius 1 is 1.44 bits per heavy atom. The van der Waals surface area contributed by atoms with Gasteiger partial charge in [0.15, 0.2) is 0 Å². The van der Waals surface area contributed by atoms with Crippen LogP contribution in [0.4, 0.5) is 0 Å². The van der Waals surface area contributed by atoms with Crippen molar-refractivity contribution in [2.24, 2.45) is 5.41 Å². The van der Waals surface area contributed by atoms with Crippen LogP contribution in [0.5, 0.6) is 0 Å². The normalized spacial score (nSPS) is 21.9. The van der Waals surface area contributed by atoms with Crippen molar-refractivity contribution in [1.82, 2.24) is 10.2 Å². The monoisotopic (exact) mass is 256 g/mol. The summed E-state index contributed by atoms with van der Waals surface area (Å²) in [5, 5.41) is 3.27. The van der Waals surface area contributed by atoms with E-state index < -0.39 is 0 Å². The van der Waals surface area contributed by atoms with Gasteiger partial charge in [-0.2, -0.15) is 0 Å². The van der Waals surface area contributed by atoms with Crippen LogP contribution in [0.2, 0.25) is 0 Å². The summed E-state index contributed by atoms with van der Waals surface area (Å²) in [5.41, 5.74) is 0.369. The predicted molar refractivity (Wildman–Crippen MR) is 73.6 cm³/mol. The maximum absolute atomic E-state index is 11.9. The fourth-order valence-electron chi connectivity index (χ4n) is 2.30. The summed E-state index contributed by atoms with van der Waals surface area (Å²) in [6.45, 7) is 12.7. The SMILES string of the molecule is CCOC(=O)C1CNCCN1CCCC(C)(C)C. The first kappa shape index (κ1) is 15.4. The molecule has 1 aliphatic rings. The molecule has 1 rings (SSSR count). The fraction of sp³-hybridized carbons (Fsp3) is 0.929. The summed E-state index contributed by atoms with van der Waals surface area (Å²) in [7, 11) is 0. The Morgan fingerprint density at radius 3 is 2.78 bits per heavy atom. The van der Waals surface area contributed by atoms with Gasteiger partial charge in [-0.05, 0) is 31.7 Å². The zero-order valence-electron chi connectivity index (χ0n) is 12.3. The summed E-state index contributed by atoms with van der Waals surface area (Å²) in [6.07, 6.45) is 2.33. The Morgan fingerprint density at radius 2 is 2.17 bits per heavy atom. The number of carbonyl (C=O) groups excluding carboxylic acids is 1. The number of esters is 1. The number of piperazine rings is 1. The van der Waals surface area contributed by atoms with Crippen molar-refractivity contribution >= 4 is 5.97 Å². The average molecular weight is 256 g/mol. The maximum Gasteiger partial charge on any atom is 0.324 e. The number of carbonyl (C=O) groups is 1. The molecule has 0 spiro atoms. The van der Waals surface area contributed by atoms with E-state index in [4.69, 9.17) is 4.74 Å². The molecule has 1 saturated heterocycles. The molecular weight excluding hydrogens is 228 g/mol. The third kappa shape index (κ3) is 5.36. The van der Waals surface area contributed by atoms with Crippen LogP contribution in [0.15, 0.2) is 0 Å². The van der Waals surface area contributed by atoms with Crippen LogP contribution < -0.4 is 5.32 Å². The molecule has 0 amide bonds. The number of ether oxygens (including phenoxy) is 1. The average Bonchev–Trinajstić information content (AvgIpc) is 2.28. The first-order valence-corrected chi connectivity index (χ1v) is 7.05. The summed E-state index contributed by atoms with van der Waals surface area (Å²) >= 11 is 0. The molecule has 1 aliphatic heterocycles. The zero-order valence-corrected chi connectivity index (χ0v) is 12.3. The molecule has 4 heteroatoms. The largest absolute Gasteiger partial charge is 0.465 e. The lowest BCUT2D eigenvalue weighted by atomic mass is 9.90. The van der Waals surface area contributed by atoms with E-state index in [2.05, 4.69) is 31.0 Å². The van der Waals surface area contributed by atoms with Crippen LogP contribution in [0.25, 0.3) is 0 Å². The lowest BCUT2D eigenvalue weighted by molar-refractivity contribution is -0.150. The molecule has 1 fully saturated rings. The molecule has 0 aromatic rings. The van der Waals surface area contributed by atoms with E-state index >= 15 is 0 Å². The number of nitrogens with one attached hydrogen (secondary N) is 1. The van der Waals surface area contributed by atoms with Gasteiger partial charge in [0.05, 0.1) is 6.61 Å². The van der Waals surface area contributed by atoms with Crippen LogP contribution in [0, 0.1) is 5.41 Å². The highest BCUT2D eigenvalue weighted by Crippen LogP contribution is 2.21. The third-order valence-corrected chi connectivity index (χ3v) is 3.29. The predicted octanol–water partition coefficient (Wildman–Crippen LogP) is 1.65. The van der Waals surface area contributed by atoms with Crippen molar-refractivity contribution in [3.63, 3.8) is 0 Å².